The molecule has 0 aliphatic rings. The lowest BCUT2D eigenvalue weighted by atomic mass is 10.1. The van der Waals surface area contributed by atoms with Crippen molar-refractivity contribution in [2.75, 3.05) is 39.6 Å². The zero-order valence-corrected chi connectivity index (χ0v) is 66.2. The van der Waals surface area contributed by atoms with Gasteiger partial charge in [0.15, 0.2) is 12.2 Å². The Kier molecular flexibility index (Phi) is 71.6. The highest BCUT2D eigenvalue weighted by Gasteiger charge is 2.30. The van der Waals surface area contributed by atoms with Gasteiger partial charge < -0.3 is 33.8 Å². The fourth-order valence-electron chi connectivity index (χ4n) is 9.74. The first-order chi connectivity index (χ1) is 50.7. The van der Waals surface area contributed by atoms with Gasteiger partial charge in [0.25, 0.3) is 0 Å². The zero-order chi connectivity index (χ0) is 76.0. The molecule has 0 radical (unpaired) electrons. The van der Waals surface area contributed by atoms with Crippen LogP contribution >= 0.6 is 15.6 Å². The SMILES string of the molecule is CC/C=C\C/C=C\C/C=C\C/C=C\C/C=C\CCCC(=O)OCC(COP(=O)(O)OCC(O)COP(=O)(O)OCC(COC(=O)CCCCCCCC/C=C\C/C=C\C/C=C\CCCCC)OC(=O)CCCCCCC/C=C\CCCCCC)OC(=O)C/C=C\C/C=C\C/C=C\C/C=C\C/C=C\CC. The van der Waals surface area contributed by atoms with Gasteiger partial charge in [0.2, 0.25) is 0 Å². The van der Waals surface area contributed by atoms with E-state index in [4.69, 9.17) is 37.0 Å². The number of hydrogen-bond acceptors (Lipinski definition) is 15. The quantitative estimate of drug-likeness (QED) is 0.0169. The van der Waals surface area contributed by atoms with Gasteiger partial charge in [-0.15, -0.1) is 0 Å². The molecule has 0 spiro atoms. The van der Waals surface area contributed by atoms with Crippen LogP contribution in [0.1, 0.15) is 285 Å². The molecule has 3 N–H and O–H groups in total. The Hall–Kier alpha value is -5.58. The van der Waals surface area contributed by atoms with Crippen molar-refractivity contribution in [3.05, 3.63) is 170 Å². The molecular formula is C85H138O17P2. The van der Waals surface area contributed by atoms with E-state index in [1.807, 2.05) is 24.3 Å². The summed E-state index contributed by atoms with van der Waals surface area (Å²) in [6, 6.07) is 0. The third kappa shape index (κ3) is 74.7. The molecule has 0 rings (SSSR count). The molecule has 0 aromatic rings. The minimum atomic E-state index is -5.02. The predicted octanol–water partition coefficient (Wildman–Crippen LogP) is 23.0. The summed E-state index contributed by atoms with van der Waals surface area (Å²) in [7, 11) is -10.0. The number of esters is 4. The van der Waals surface area contributed by atoms with Gasteiger partial charge in [-0.05, 0) is 154 Å². The minimum absolute atomic E-state index is 0.0573. The average Bonchev–Trinajstić information content (AvgIpc) is 0.939. The number of unbranched alkanes of at least 4 members (excludes halogenated alkanes) is 19. The molecule has 5 atom stereocenters. The van der Waals surface area contributed by atoms with E-state index in [1.54, 1.807) is 12.2 Å². The molecule has 0 saturated carbocycles. The highest BCUT2D eigenvalue weighted by Crippen LogP contribution is 2.45. The second-order valence-corrected chi connectivity index (χ2v) is 28.5. The van der Waals surface area contributed by atoms with Crippen molar-refractivity contribution >= 4 is 39.5 Å². The molecule has 17 nitrogen and oxygen atoms in total. The Balaban J connectivity index is 5.48. The third-order valence-corrected chi connectivity index (χ3v) is 17.6. The summed E-state index contributed by atoms with van der Waals surface area (Å²) in [4.78, 5) is 72.9. The first-order valence-electron chi connectivity index (χ1n) is 39.4. The van der Waals surface area contributed by atoms with Crippen LogP contribution < -0.4 is 0 Å². The molecule has 590 valence electrons. The van der Waals surface area contributed by atoms with E-state index in [9.17, 15) is 43.2 Å². The van der Waals surface area contributed by atoms with Gasteiger partial charge in [0, 0.05) is 19.3 Å². The molecule has 0 aromatic carbocycles. The summed E-state index contributed by atoms with van der Waals surface area (Å²) < 4.78 is 68.3. The summed E-state index contributed by atoms with van der Waals surface area (Å²) in [6.07, 6.45) is 89.5. The maximum Gasteiger partial charge on any atom is 0.472 e. The van der Waals surface area contributed by atoms with Crippen molar-refractivity contribution in [3.63, 3.8) is 0 Å². The molecule has 0 aliphatic heterocycles. The standard InChI is InChI=1S/C85H138O17P2/c1-5-9-13-17-21-25-29-33-36-38-39-41-44-47-50-54-58-62-66-70-83(88)95-75-80(101-84(89)71-67-63-59-55-51-45-32-28-24-20-16-12-8-4)77-99-103(91,92)97-73-79(86)74-98-104(93,94)100-78-81(102-85(90)72-68-64-60-56-52-48-42-35-31-27-23-19-15-11-7-3)76-96-82(87)69-65-61-57-53-49-46-43-40-37-34-30-26-22-18-14-10-6-2/h10-11,14-15,21-23,25-28,32-37,39,41-43,46,52-53,56-57,64,68,79-81,86H,5-9,12-13,16-20,24,29-31,38,40,44-45,47-51,54-55,58-63,65-67,69-78H2,1-4H3,(H,91,92)(H,93,94)/b14-10-,15-11-,25-21-,26-22-,27-23-,32-28-,36-33-,37-34-,41-39-,42-35-,46-43-,56-52-,57-53-,68-64-. The monoisotopic (exact) mass is 1490 g/mol. The lowest BCUT2D eigenvalue weighted by Gasteiger charge is -2.21. The number of phosphoric ester groups is 2. The van der Waals surface area contributed by atoms with Gasteiger partial charge >= 0.3 is 39.5 Å². The van der Waals surface area contributed by atoms with Gasteiger partial charge in [-0.1, -0.05) is 275 Å². The molecule has 0 saturated heterocycles. The van der Waals surface area contributed by atoms with Crippen molar-refractivity contribution in [2.24, 2.45) is 0 Å². The topological polar surface area (TPSA) is 237 Å². The fraction of sp³-hybridized carbons (Fsp3) is 0.624. The van der Waals surface area contributed by atoms with Crippen LogP contribution in [0.25, 0.3) is 0 Å². The third-order valence-electron chi connectivity index (χ3n) is 15.7. The van der Waals surface area contributed by atoms with Crippen molar-refractivity contribution < 1.29 is 80.2 Å². The number of carbonyl (C=O) groups excluding carboxylic acids is 4. The lowest BCUT2D eigenvalue weighted by Crippen LogP contribution is -2.30. The lowest BCUT2D eigenvalue weighted by molar-refractivity contribution is -0.161. The highest BCUT2D eigenvalue weighted by molar-refractivity contribution is 7.47. The van der Waals surface area contributed by atoms with Crippen molar-refractivity contribution in [1.82, 2.24) is 0 Å². The number of ether oxygens (including phenoxy) is 4. The molecule has 0 heterocycles. The van der Waals surface area contributed by atoms with E-state index in [0.29, 0.717) is 32.1 Å². The summed E-state index contributed by atoms with van der Waals surface area (Å²) in [5, 5.41) is 10.6. The molecule has 5 unspecified atom stereocenters. The molecule has 0 fully saturated rings. The Bertz CT molecular complexity index is 2640. The maximum absolute atomic E-state index is 13.1. The Morgan fingerprint density at radius 1 is 0.288 bits per heavy atom. The smallest absolute Gasteiger partial charge is 0.462 e. The predicted molar refractivity (Wildman–Crippen MR) is 426 cm³/mol. The van der Waals surface area contributed by atoms with Crippen molar-refractivity contribution in [3.8, 4) is 0 Å². The fourth-order valence-corrected chi connectivity index (χ4v) is 11.3. The Morgan fingerprint density at radius 2 is 0.548 bits per heavy atom. The van der Waals surface area contributed by atoms with Crippen molar-refractivity contribution in [1.29, 1.82) is 0 Å². The first kappa shape index (κ1) is 98.4. The Morgan fingerprint density at radius 3 is 0.923 bits per heavy atom. The van der Waals surface area contributed by atoms with E-state index >= 15 is 0 Å². The molecular weight excluding hydrogens is 1350 g/mol. The van der Waals surface area contributed by atoms with Gasteiger partial charge in [-0.3, -0.25) is 37.3 Å². The number of carbonyl (C=O) groups is 4. The van der Waals surface area contributed by atoms with E-state index in [1.165, 1.54) is 44.9 Å². The average molecular weight is 1490 g/mol. The van der Waals surface area contributed by atoms with Crippen LogP contribution in [0.3, 0.4) is 0 Å². The van der Waals surface area contributed by atoms with E-state index in [2.05, 4.69) is 161 Å². The van der Waals surface area contributed by atoms with Crippen LogP contribution in [0.4, 0.5) is 0 Å². The summed E-state index contributed by atoms with van der Waals surface area (Å²) in [5.74, 6) is -2.43. The summed E-state index contributed by atoms with van der Waals surface area (Å²) in [5.41, 5.74) is 0. The number of aliphatic hydroxyl groups is 1. The molecule has 19 heteroatoms. The van der Waals surface area contributed by atoms with Gasteiger partial charge in [0.1, 0.15) is 19.3 Å². The number of rotatable bonds is 72. The van der Waals surface area contributed by atoms with Gasteiger partial charge in [-0.2, -0.15) is 0 Å². The van der Waals surface area contributed by atoms with Crippen LogP contribution in [0.5, 0.6) is 0 Å². The van der Waals surface area contributed by atoms with Crippen molar-refractivity contribution in [2.45, 2.75) is 303 Å². The van der Waals surface area contributed by atoms with Crippen LogP contribution in [-0.4, -0.2) is 96.7 Å². The van der Waals surface area contributed by atoms with Crippen LogP contribution in [0.15, 0.2) is 170 Å². The molecule has 0 amide bonds. The normalized spacial score (nSPS) is 14.8. The van der Waals surface area contributed by atoms with Gasteiger partial charge in [0.05, 0.1) is 32.8 Å². The molecule has 0 aromatic heterocycles. The number of allylic oxidation sites excluding steroid dienone is 27. The van der Waals surface area contributed by atoms with Gasteiger partial charge in [-0.25, -0.2) is 9.13 Å². The van der Waals surface area contributed by atoms with Crippen LogP contribution in [0, 0.1) is 0 Å². The summed E-state index contributed by atoms with van der Waals surface area (Å²) >= 11 is 0. The number of hydrogen-bond donors (Lipinski definition) is 3. The Labute approximate surface area is 629 Å². The number of phosphoric acid groups is 2. The second kappa shape index (κ2) is 75.6. The van der Waals surface area contributed by atoms with Crippen LogP contribution in [0.2, 0.25) is 0 Å². The van der Waals surface area contributed by atoms with Crippen LogP contribution in [-0.2, 0) is 65.4 Å². The van der Waals surface area contributed by atoms with E-state index in [-0.39, 0.29) is 25.7 Å². The number of aliphatic hydroxyl groups excluding tert-OH is 1. The molecule has 104 heavy (non-hydrogen) atoms. The molecule has 0 aliphatic carbocycles. The zero-order valence-electron chi connectivity index (χ0n) is 64.4. The largest absolute Gasteiger partial charge is 0.472 e. The maximum atomic E-state index is 13.1. The van der Waals surface area contributed by atoms with E-state index in [0.717, 1.165) is 154 Å². The minimum Gasteiger partial charge on any atom is -0.462 e. The highest BCUT2D eigenvalue weighted by atomic mass is 31.2. The van der Waals surface area contributed by atoms with E-state index < -0.39 is 97.5 Å². The second-order valence-electron chi connectivity index (χ2n) is 25.5. The molecule has 0 bridgehead atoms. The summed E-state index contributed by atoms with van der Waals surface area (Å²) in [6.45, 7) is 4.38. The first-order valence-corrected chi connectivity index (χ1v) is 42.4.